The average molecular weight is 1540 g/mol. The third-order valence-electron chi connectivity index (χ3n) is 20.2. The molecule has 0 fully saturated rings. The first kappa shape index (κ1) is 103. The Hall–Kier alpha value is -1.94. The molecular weight excluding hydrogens is 1370 g/mol. The molecule has 0 saturated carbocycles. The van der Waals surface area contributed by atoms with E-state index in [4.69, 9.17) is 37.0 Å². The largest absolute Gasteiger partial charge is 0.472 e. The Bertz CT molecular complexity index is 2010. The summed E-state index contributed by atoms with van der Waals surface area (Å²) in [5.41, 5.74) is 0. The highest BCUT2D eigenvalue weighted by molar-refractivity contribution is 7.47. The Balaban J connectivity index is 5.23. The number of rotatable bonds is 85. The van der Waals surface area contributed by atoms with E-state index in [2.05, 4.69) is 41.5 Å². The van der Waals surface area contributed by atoms with E-state index in [9.17, 15) is 43.2 Å². The van der Waals surface area contributed by atoms with Gasteiger partial charge in [-0.25, -0.2) is 9.13 Å². The van der Waals surface area contributed by atoms with E-state index in [0.717, 1.165) is 102 Å². The summed E-state index contributed by atoms with van der Waals surface area (Å²) in [7, 11) is -9.93. The van der Waals surface area contributed by atoms with Crippen LogP contribution in [0.2, 0.25) is 0 Å². The lowest BCUT2D eigenvalue weighted by atomic mass is 10.0. The summed E-state index contributed by atoms with van der Waals surface area (Å²) in [5.74, 6) is -0.516. The molecule has 0 aromatic heterocycles. The lowest BCUT2D eigenvalue weighted by Crippen LogP contribution is -2.30. The normalized spacial score (nSPS) is 13.8. The van der Waals surface area contributed by atoms with Gasteiger partial charge >= 0.3 is 39.5 Å². The monoisotopic (exact) mass is 1540 g/mol. The summed E-state index contributed by atoms with van der Waals surface area (Å²) in [4.78, 5) is 73.2. The molecule has 0 aliphatic rings. The van der Waals surface area contributed by atoms with Crippen LogP contribution in [0, 0.1) is 11.8 Å². The van der Waals surface area contributed by atoms with E-state index < -0.39 is 97.5 Å². The van der Waals surface area contributed by atoms with Crippen LogP contribution >= 0.6 is 15.6 Å². The van der Waals surface area contributed by atoms with Crippen LogP contribution in [-0.4, -0.2) is 96.7 Å². The first-order valence-corrected chi connectivity index (χ1v) is 47.5. The summed E-state index contributed by atoms with van der Waals surface area (Å²) in [6, 6.07) is 0. The SMILES string of the molecule is CCCCCCCCCCCCCCCCCCCCCC(=O)OC[C@H](COP(=O)(O)OC[C@@H](O)COP(=O)(O)OC[C@@H](COC(=O)CCCCCCCCCCCCC)OC(=O)CCCCCCCCCCCCCC(C)C)OC(=O)CCCCCCCCCCCCCCCCCCCCC(C)C. The topological polar surface area (TPSA) is 237 Å². The number of phosphoric ester groups is 2. The smallest absolute Gasteiger partial charge is 0.462 e. The van der Waals surface area contributed by atoms with Gasteiger partial charge in [0.25, 0.3) is 0 Å². The van der Waals surface area contributed by atoms with Crippen molar-refractivity contribution in [3.05, 3.63) is 0 Å². The number of carbonyl (C=O) groups is 4. The maximum absolute atomic E-state index is 13.1. The molecule has 19 heteroatoms. The molecule has 0 bridgehead atoms. The van der Waals surface area contributed by atoms with Gasteiger partial charge in [-0.05, 0) is 37.5 Å². The summed E-state index contributed by atoms with van der Waals surface area (Å²) in [6.07, 6.45) is 69.4. The van der Waals surface area contributed by atoms with E-state index in [0.29, 0.717) is 25.7 Å². The van der Waals surface area contributed by atoms with Crippen molar-refractivity contribution in [2.24, 2.45) is 11.8 Å². The fourth-order valence-corrected chi connectivity index (χ4v) is 15.0. The molecule has 0 saturated heterocycles. The minimum Gasteiger partial charge on any atom is -0.462 e. The van der Waals surface area contributed by atoms with E-state index in [-0.39, 0.29) is 25.7 Å². The Morgan fingerprint density at radius 3 is 0.648 bits per heavy atom. The molecule has 0 aliphatic carbocycles. The molecule has 3 N–H and O–H groups in total. The third kappa shape index (κ3) is 79.9. The first-order valence-electron chi connectivity index (χ1n) is 44.5. The van der Waals surface area contributed by atoms with Crippen molar-refractivity contribution in [2.75, 3.05) is 39.6 Å². The molecule has 0 heterocycles. The second kappa shape index (κ2) is 77.4. The van der Waals surface area contributed by atoms with Crippen molar-refractivity contribution in [2.45, 2.75) is 477 Å². The second-order valence-corrected chi connectivity index (χ2v) is 34.8. The van der Waals surface area contributed by atoms with Gasteiger partial charge < -0.3 is 33.8 Å². The van der Waals surface area contributed by atoms with Gasteiger partial charge in [0.1, 0.15) is 19.3 Å². The Labute approximate surface area is 645 Å². The first-order chi connectivity index (χ1) is 50.9. The maximum atomic E-state index is 13.1. The number of carbonyl (C=O) groups excluding carboxylic acids is 4. The minimum atomic E-state index is -4.97. The van der Waals surface area contributed by atoms with E-state index >= 15 is 0 Å². The molecule has 624 valence electrons. The molecule has 105 heavy (non-hydrogen) atoms. The Kier molecular flexibility index (Phi) is 76.0. The van der Waals surface area contributed by atoms with Gasteiger partial charge in [0.2, 0.25) is 0 Å². The molecule has 0 radical (unpaired) electrons. The van der Waals surface area contributed by atoms with Gasteiger partial charge in [-0.3, -0.25) is 37.3 Å². The molecule has 5 atom stereocenters. The fraction of sp³-hybridized carbons (Fsp3) is 0.953. The molecule has 0 aromatic carbocycles. The molecular formula is C86H168O17P2. The molecule has 0 aromatic rings. The highest BCUT2D eigenvalue weighted by atomic mass is 31.2. The fourth-order valence-electron chi connectivity index (χ4n) is 13.4. The predicted molar refractivity (Wildman–Crippen MR) is 432 cm³/mol. The Morgan fingerprint density at radius 1 is 0.257 bits per heavy atom. The number of unbranched alkanes of at least 4 members (excludes halogenated alkanes) is 55. The molecule has 0 rings (SSSR count). The zero-order valence-corrected chi connectivity index (χ0v) is 70.8. The molecule has 0 spiro atoms. The van der Waals surface area contributed by atoms with Gasteiger partial charge in [0, 0.05) is 25.7 Å². The van der Waals surface area contributed by atoms with E-state index in [1.165, 1.54) is 276 Å². The highest BCUT2D eigenvalue weighted by Gasteiger charge is 2.30. The number of aliphatic hydroxyl groups excluding tert-OH is 1. The van der Waals surface area contributed by atoms with Gasteiger partial charge in [0.05, 0.1) is 26.4 Å². The van der Waals surface area contributed by atoms with Crippen molar-refractivity contribution in [1.29, 1.82) is 0 Å². The highest BCUT2D eigenvalue weighted by Crippen LogP contribution is 2.45. The van der Waals surface area contributed by atoms with Crippen LogP contribution in [0.15, 0.2) is 0 Å². The van der Waals surface area contributed by atoms with E-state index in [1.54, 1.807) is 0 Å². The molecule has 0 amide bonds. The lowest BCUT2D eigenvalue weighted by molar-refractivity contribution is -0.161. The number of hydrogen-bond acceptors (Lipinski definition) is 15. The van der Waals surface area contributed by atoms with Gasteiger partial charge in [-0.1, -0.05) is 408 Å². The van der Waals surface area contributed by atoms with Crippen LogP contribution in [0.1, 0.15) is 459 Å². The van der Waals surface area contributed by atoms with E-state index in [1.807, 2.05) is 0 Å². The standard InChI is InChI=1S/C86H168O17P2/c1-7-9-11-13-15-17-19-20-21-22-23-27-30-33-39-45-51-57-63-69-84(89)97-75-82(102-85(90)70-64-58-52-46-40-34-31-28-25-24-26-29-32-37-42-48-54-60-66-78(3)4)77-101-105(94,95)99-73-80(87)72-98-104(92,93)100-76-81(74-96-83(88)68-62-56-50-44-36-18-16-14-12-10-8-2)103-86(91)71-65-59-53-47-41-35-38-43-49-55-61-67-79(5)6/h78-82,87H,7-77H2,1-6H3,(H,92,93)(H,94,95)/t80-,81+,82+/m0/s1. The van der Waals surface area contributed by atoms with Crippen LogP contribution in [0.3, 0.4) is 0 Å². The predicted octanol–water partition coefficient (Wildman–Crippen LogP) is 26.2. The minimum absolute atomic E-state index is 0.107. The molecule has 2 unspecified atom stereocenters. The van der Waals surface area contributed by atoms with Crippen molar-refractivity contribution < 1.29 is 80.2 Å². The number of hydrogen-bond donors (Lipinski definition) is 3. The van der Waals surface area contributed by atoms with Gasteiger partial charge in [0.15, 0.2) is 12.2 Å². The number of aliphatic hydroxyl groups is 1. The van der Waals surface area contributed by atoms with Crippen molar-refractivity contribution in [3.8, 4) is 0 Å². The maximum Gasteiger partial charge on any atom is 0.472 e. The summed E-state index contributed by atoms with van der Waals surface area (Å²) >= 11 is 0. The summed E-state index contributed by atoms with van der Waals surface area (Å²) < 4.78 is 68.9. The van der Waals surface area contributed by atoms with Gasteiger partial charge in [-0.15, -0.1) is 0 Å². The third-order valence-corrected chi connectivity index (χ3v) is 22.1. The van der Waals surface area contributed by atoms with Gasteiger partial charge in [-0.2, -0.15) is 0 Å². The number of esters is 4. The molecule has 0 aliphatic heterocycles. The average Bonchev–Trinajstić information content (AvgIpc) is 0.916. The zero-order chi connectivity index (χ0) is 77.1. The number of ether oxygens (including phenoxy) is 4. The number of phosphoric acid groups is 2. The second-order valence-electron chi connectivity index (χ2n) is 31.9. The summed E-state index contributed by atoms with van der Waals surface area (Å²) in [6.45, 7) is 9.70. The Morgan fingerprint density at radius 2 is 0.438 bits per heavy atom. The quantitative estimate of drug-likeness (QED) is 0.0222. The van der Waals surface area contributed by atoms with Crippen LogP contribution in [0.25, 0.3) is 0 Å². The summed E-state index contributed by atoms with van der Waals surface area (Å²) in [5, 5.41) is 10.7. The molecule has 17 nitrogen and oxygen atoms in total. The van der Waals surface area contributed by atoms with Crippen molar-refractivity contribution in [1.82, 2.24) is 0 Å². The van der Waals surface area contributed by atoms with Crippen LogP contribution < -0.4 is 0 Å². The van der Waals surface area contributed by atoms with Crippen LogP contribution in [0.4, 0.5) is 0 Å². The van der Waals surface area contributed by atoms with Crippen molar-refractivity contribution >= 4 is 39.5 Å². The zero-order valence-electron chi connectivity index (χ0n) is 69.0. The van der Waals surface area contributed by atoms with Crippen molar-refractivity contribution in [3.63, 3.8) is 0 Å². The van der Waals surface area contributed by atoms with Crippen LogP contribution in [-0.2, 0) is 65.4 Å². The van der Waals surface area contributed by atoms with Crippen LogP contribution in [0.5, 0.6) is 0 Å². The lowest BCUT2D eigenvalue weighted by Gasteiger charge is -2.21.